The fourth-order valence-corrected chi connectivity index (χ4v) is 2.25. The van der Waals surface area contributed by atoms with Crippen molar-refractivity contribution in [1.29, 1.82) is 0 Å². The van der Waals surface area contributed by atoms with Crippen molar-refractivity contribution in [2.24, 2.45) is 0 Å². The van der Waals surface area contributed by atoms with Gasteiger partial charge in [-0.15, -0.1) is 0 Å². The molecule has 0 radical (unpaired) electrons. The lowest BCUT2D eigenvalue weighted by molar-refractivity contribution is -0.131. The second-order valence-electron chi connectivity index (χ2n) is 5.18. The highest BCUT2D eigenvalue weighted by Gasteiger charge is 2.17. The molecule has 6 nitrogen and oxygen atoms in total. The summed E-state index contributed by atoms with van der Waals surface area (Å²) in [4.78, 5) is 14.3. The molecule has 0 unspecified atom stereocenters. The number of rotatable bonds is 10. The van der Waals surface area contributed by atoms with Gasteiger partial charge in [-0.05, 0) is 30.2 Å². The molecule has 1 amide bonds. The Labute approximate surface area is 138 Å². The Balaban J connectivity index is 2.88. The topological polar surface area (TPSA) is 57.2 Å². The highest BCUT2D eigenvalue weighted by atomic mass is 16.5. The van der Waals surface area contributed by atoms with Gasteiger partial charge in [0.1, 0.15) is 0 Å². The van der Waals surface area contributed by atoms with Crippen molar-refractivity contribution >= 4 is 5.91 Å². The van der Waals surface area contributed by atoms with Crippen LogP contribution in [-0.4, -0.2) is 65.5 Å². The minimum atomic E-state index is 0.0365. The van der Waals surface area contributed by atoms with Crippen LogP contribution in [0.4, 0.5) is 0 Å². The van der Waals surface area contributed by atoms with Crippen LogP contribution >= 0.6 is 0 Å². The molecule has 1 aromatic rings. The van der Waals surface area contributed by atoms with Gasteiger partial charge in [-0.1, -0.05) is 0 Å². The Morgan fingerprint density at radius 1 is 0.957 bits per heavy atom. The van der Waals surface area contributed by atoms with Gasteiger partial charge in [-0.3, -0.25) is 4.79 Å². The number of nitrogens with zero attached hydrogens (tertiary/aromatic N) is 1. The molecular weight excluding hydrogens is 298 g/mol. The van der Waals surface area contributed by atoms with E-state index in [9.17, 15) is 4.79 Å². The summed E-state index contributed by atoms with van der Waals surface area (Å²) >= 11 is 0. The van der Waals surface area contributed by atoms with Gasteiger partial charge in [0.2, 0.25) is 5.91 Å². The van der Waals surface area contributed by atoms with Gasteiger partial charge < -0.3 is 23.8 Å². The average Bonchev–Trinajstić information content (AvgIpc) is 2.56. The lowest BCUT2D eigenvalue weighted by atomic mass is 10.0. The number of hydrogen-bond acceptors (Lipinski definition) is 5. The second kappa shape index (κ2) is 10.1. The molecule has 0 aromatic heterocycles. The molecule has 0 aliphatic heterocycles. The van der Waals surface area contributed by atoms with E-state index >= 15 is 0 Å². The summed E-state index contributed by atoms with van der Waals surface area (Å²) in [5.74, 6) is 1.33. The summed E-state index contributed by atoms with van der Waals surface area (Å²) in [5.41, 5.74) is 1.92. The molecule has 0 fully saturated rings. The zero-order valence-corrected chi connectivity index (χ0v) is 14.7. The summed E-state index contributed by atoms with van der Waals surface area (Å²) in [6.07, 6.45) is 0.305. The van der Waals surface area contributed by atoms with Gasteiger partial charge in [0, 0.05) is 27.3 Å². The molecular formula is C17H27NO5. The third-order valence-electron chi connectivity index (χ3n) is 3.67. The lowest BCUT2D eigenvalue weighted by Crippen LogP contribution is -2.37. The van der Waals surface area contributed by atoms with E-state index in [-0.39, 0.29) is 5.91 Å². The van der Waals surface area contributed by atoms with E-state index in [1.807, 2.05) is 19.1 Å². The standard InChI is InChI=1S/C17H27NO5/c1-13-10-15(22-4)16(23-5)11-14(13)12-17(19)18(6-8-20-2)7-9-21-3/h10-11H,6-9,12H2,1-5H3. The van der Waals surface area contributed by atoms with E-state index in [4.69, 9.17) is 18.9 Å². The number of ether oxygens (including phenoxy) is 4. The normalized spacial score (nSPS) is 10.5. The number of carbonyl (C=O) groups excluding carboxylic acids is 1. The molecule has 0 atom stereocenters. The number of benzene rings is 1. The molecule has 0 heterocycles. The summed E-state index contributed by atoms with van der Waals surface area (Å²) in [6.45, 7) is 4.05. The van der Waals surface area contributed by atoms with Crippen LogP contribution in [0.1, 0.15) is 11.1 Å². The van der Waals surface area contributed by atoms with Gasteiger partial charge >= 0.3 is 0 Å². The van der Waals surface area contributed by atoms with E-state index in [1.165, 1.54) is 0 Å². The van der Waals surface area contributed by atoms with Crippen molar-refractivity contribution in [3.63, 3.8) is 0 Å². The molecule has 130 valence electrons. The van der Waals surface area contributed by atoms with E-state index in [0.717, 1.165) is 11.1 Å². The Bertz CT molecular complexity index is 496. The predicted octanol–water partition coefficient (Wildman–Crippen LogP) is 1.68. The SMILES string of the molecule is COCCN(CCOC)C(=O)Cc1cc(OC)c(OC)cc1C. The Morgan fingerprint density at radius 2 is 1.48 bits per heavy atom. The van der Waals surface area contributed by atoms with E-state index in [0.29, 0.717) is 44.2 Å². The van der Waals surface area contributed by atoms with Crippen LogP contribution < -0.4 is 9.47 Å². The van der Waals surface area contributed by atoms with Crippen LogP contribution in [0.2, 0.25) is 0 Å². The number of amides is 1. The van der Waals surface area contributed by atoms with Crippen molar-refractivity contribution in [2.75, 3.05) is 54.7 Å². The first kappa shape index (κ1) is 19.3. The number of carbonyl (C=O) groups is 1. The minimum absolute atomic E-state index is 0.0365. The first-order chi connectivity index (χ1) is 11.1. The van der Waals surface area contributed by atoms with Crippen LogP contribution in [0.25, 0.3) is 0 Å². The minimum Gasteiger partial charge on any atom is -0.493 e. The molecule has 0 saturated carbocycles. The van der Waals surface area contributed by atoms with Gasteiger partial charge in [-0.2, -0.15) is 0 Å². The van der Waals surface area contributed by atoms with Crippen molar-refractivity contribution in [3.05, 3.63) is 23.3 Å². The summed E-state index contributed by atoms with van der Waals surface area (Å²) in [5, 5.41) is 0. The third-order valence-corrected chi connectivity index (χ3v) is 3.67. The highest BCUT2D eigenvalue weighted by Crippen LogP contribution is 2.30. The van der Waals surface area contributed by atoms with Crippen molar-refractivity contribution in [1.82, 2.24) is 4.90 Å². The van der Waals surface area contributed by atoms with Crippen LogP contribution in [-0.2, 0) is 20.7 Å². The summed E-state index contributed by atoms with van der Waals surface area (Å²) in [6, 6.07) is 3.74. The Hall–Kier alpha value is -1.79. The molecule has 1 aromatic carbocycles. The van der Waals surface area contributed by atoms with Crippen LogP contribution in [0.3, 0.4) is 0 Å². The molecule has 0 N–H and O–H groups in total. The maximum atomic E-state index is 12.6. The van der Waals surface area contributed by atoms with Gasteiger partial charge in [0.05, 0.1) is 33.9 Å². The molecule has 0 spiro atoms. The number of methoxy groups -OCH3 is 4. The summed E-state index contributed by atoms with van der Waals surface area (Å²) in [7, 11) is 6.43. The van der Waals surface area contributed by atoms with Gasteiger partial charge in [0.25, 0.3) is 0 Å². The zero-order valence-electron chi connectivity index (χ0n) is 14.7. The Morgan fingerprint density at radius 3 is 1.96 bits per heavy atom. The fourth-order valence-electron chi connectivity index (χ4n) is 2.25. The second-order valence-corrected chi connectivity index (χ2v) is 5.18. The van der Waals surface area contributed by atoms with E-state index in [1.54, 1.807) is 33.3 Å². The predicted molar refractivity (Wildman–Crippen MR) is 88.3 cm³/mol. The van der Waals surface area contributed by atoms with Crippen LogP contribution in [0.15, 0.2) is 12.1 Å². The van der Waals surface area contributed by atoms with E-state index < -0.39 is 0 Å². The van der Waals surface area contributed by atoms with Crippen molar-refractivity contribution in [3.8, 4) is 11.5 Å². The average molecular weight is 325 g/mol. The molecule has 6 heteroatoms. The molecule has 0 saturated heterocycles. The smallest absolute Gasteiger partial charge is 0.227 e. The summed E-state index contributed by atoms with van der Waals surface area (Å²) < 4.78 is 20.7. The third kappa shape index (κ3) is 5.73. The number of aryl methyl sites for hydroxylation is 1. The molecule has 1 rings (SSSR count). The maximum Gasteiger partial charge on any atom is 0.227 e. The number of hydrogen-bond donors (Lipinski definition) is 0. The molecule has 0 aliphatic carbocycles. The largest absolute Gasteiger partial charge is 0.493 e. The van der Waals surface area contributed by atoms with E-state index in [2.05, 4.69) is 0 Å². The zero-order chi connectivity index (χ0) is 17.2. The van der Waals surface area contributed by atoms with Crippen LogP contribution in [0.5, 0.6) is 11.5 Å². The monoisotopic (exact) mass is 325 g/mol. The highest BCUT2D eigenvalue weighted by molar-refractivity contribution is 5.79. The fraction of sp³-hybridized carbons (Fsp3) is 0.588. The maximum absolute atomic E-state index is 12.6. The lowest BCUT2D eigenvalue weighted by Gasteiger charge is -2.23. The van der Waals surface area contributed by atoms with Gasteiger partial charge in [-0.25, -0.2) is 0 Å². The quantitative estimate of drug-likeness (QED) is 0.655. The van der Waals surface area contributed by atoms with Crippen molar-refractivity contribution in [2.45, 2.75) is 13.3 Å². The van der Waals surface area contributed by atoms with Crippen LogP contribution in [0, 0.1) is 6.92 Å². The molecule has 0 bridgehead atoms. The Kier molecular flexibility index (Phi) is 8.43. The molecule has 23 heavy (non-hydrogen) atoms. The van der Waals surface area contributed by atoms with Crippen molar-refractivity contribution < 1.29 is 23.7 Å². The van der Waals surface area contributed by atoms with Gasteiger partial charge in [0.15, 0.2) is 11.5 Å². The first-order valence-corrected chi connectivity index (χ1v) is 7.54. The molecule has 0 aliphatic rings. The first-order valence-electron chi connectivity index (χ1n) is 7.54.